The summed E-state index contributed by atoms with van der Waals surface area (Å²) in [5, 5.41) is 20.7. The van der Waals surface area contributed by atoms with Gasteiger partial charge in [-0.3, -0.25) is 10.1 Å². The topological polar surface area (TPSA) is 72.6 Å². The Morgan fingerprint density at radius 1 is 1.59 bits per heavy atom. The van der Waals surface area contributed by atoms with Gasteiger partial charge in [0, 0.05) is 18.1 Å². The van der Waals surface area contributed by atoms with Crippen LogP contribution in [0, 0.1) is 16.0 Å². The molecular weight excluding hydrogens is 222 g/mol. The van der Waals surface area contributed by atoms with E-state index in [1.165, 1.54) is 13.2 Å². The molecule has 1 fully saturated rings. The van der Waals surface area contributed by atoms with Gasteiger partial charge in [-0.2, -0.15) is 0 Å². The maximum Gasteiger partial charge on any atom is 0.272 e. The number of ether oxygens (including phenoxy) is 1. The number of nitrogens with zero attached hydrogens (tertiary/aromatic N) is 1. The quantitative estimate of drug-likeness (QED) is 0.627. The zero-order chi connectivity index (χ0) is 12.4. The van der Waals surface area contributed by atoms with E-state index < -0.39 is 11.0 Å². The third-order valence-electron chi connectivity index (χ3n) is 3.08. The van der Waals surface area contributed by atoms with Crippen molar-refractivity contribution >= 4 is 5.69 Å². The van der Waals surface area contributed by atoms with Crippen molar-refractivity contribution in [2.75, 3.05) is 7.11 Å². The zero-order valence-electron chi connectivity index (χ0n) is 9.63. The largest absolute Gasteiger partial charge is 0.497 e. The van der Waals surface area contributed by atoms with Gasteiger partial charge >= 0.3 is 0 Å². The average Bonchev–Trinajstić information content (AvgIpc) is 3.12. The molecule has 0 saturated heterocycles. The molecule has 0 aliphatic heterocycles. The van der Waals surface area contributed by atoms with Crippen LogP contribution in [0.3, 0.4) is 0 Å². The summed E-state index contributed by atoms with van der Waals surface area (Å²) in [6.07, 6.45) is 1.86. The minimum absolute atomic E-state index is 0.0468. The predicted octanol–water partition coefficient (Wildman–Crippen LogP) is 1.92. The third kappa shape index (κ3) is 2.74. The van der Waals surface area contributed by atoms with Gasteiger partial charge in [0.05, 0.1) is 18.1 Å². The molecule has 92 valence electrons. The molecule has 0 aromatic heterocycles. The molecule has 0 heterocycles. The molecule has 1 unspecified atom stereocenters. The minimum atomic E-state index is -0.485. The standard InChI is InChI=1S/C12H15NO4/c1-17-10-4-5-11(13(15)16)9(6-10)7-12(14)8-2-3-8/h4-6,8,12,14H,2-3,7H2,1H3. The molecule has 17 heavy (non-hydrogen) atoms. The van der Waals surface area contributed by atoms with Gasteiger partial charge in [-0.25, -0.2) is 0 Å². The third-order valence-corrected chi connectivity index (χ3v) is 3.08. The van der Waals surface area contributed by atoms with Crippen molar-refractivity contribution in [3.63, 3.8) is 0 Å². The van der Waals surface area contributed by atoms with E-state index in [-0.39, 0.29) is 5.69 Å². The van der Waals surface area contributed by atoms with Crippen molar-refractivity contribution in [1.82, 2.24) is 0 Å². The van der Waals surface area contributed by atoms with Crippen LogP contribution in [0.1, 0.15) is 18.4 Å². The lowest BCUT2D eigenvalue weighted by atomic mass is 10.0. The Hall–Kier alpha value is -1.62. The summed E-state index contributed by atoms with van der Waals surface area (Å²) < 4.78 is 5.04. The monoisotopic (exact) mass is 237 g/mol. The van der Waals surface area contributed by atoms with E-state index in [4.69, 9.17) is 4.74 Å². The highest BCUT2D eigenvalue weighted by atomic mass is 16.6. The molecule has 2 rings (SSSR count). The Morgan fingerprint density at radius 2 is 2.29 bits per heavy atom. The number of nitro groups is 1. The summed E-state index contributed by atoms with van der Waals surface area (Å²) in [6.45, 7) is 0. The SMILES string of the molecule is COc1ccc([N+](=O)[O-])c(CC(O)C2CC2)c1. The fraction of sp³-hybridized carbons (Fsp3) is 0.500. The maximum absolute atomic E-state index is 10.9. The molecule has 0 bridgehead atoms. The van der Waals surface area contributed by atoms with Crippen LogP contribution >= 0.6 is 0 Å². The van der Waals surface area contributed by atoms with Gasteiger partial charge in [-0.05, 0) is 30.9 Å². The van der Waals surface area contributed by atoms with Crippen LogP contribution in [-0.4, -0.2) is 23.2 Å². The van der Waals surface area contributed by atoms with Crippen LogP contribution in [0.2, 0.25) is 0 Å². The van der Waals surface area contributed by atoms with Gasteiger partial charge < -0.3 is 9.84 Å². The van der Waals surface area contributed by atoms with E-state index in [1.807, 2.05) is 0 Å². The lowest BCUT2D eigenvalue weighted by Gasteiger charge is -2.10. The smallest absolute Gasteiger partial charge is 0.272 e. The molecule has 1 atom stereocenters. The molecule has 0 radical (unpaired) electrons. The highest BCUT2D eigenvalue weighted by molar-refractivity contribution is 5.45. The summed E-state index contributed by atoms with van der Waals surface area (Å²) in [6, 6.07) is 4.61. The molecule has 0 amide bonds. The fourth-order valence-electron chi connectivity index (χ4n) is 1.90. The second-order valence-electron chi connectivity index (χ2n) is 4.36. The Labute approximate surface area is 99.2 Å². The van der Waals surface area contributed by atoms with Crippen LogP contribution in [0.25, 0.3) is 0 Å². The van der Waals surface area contributed by atoms with E-state index in [0.717, 1.165) is 12.8 Å². The summed E-state index contributed by atoms with van der Waals surface area (Å²) in [5.41, 5.74) is 0.583. The summed E-state index contributed by atoms with van der Waals surface area (Å²) >= 11 is 0. The van der Waals surface area contributed by atoms with Crippen molar-refractivity contribution in [3.05, 3.63) is 33.9 Å². The van der Waals surface area contributed by atoms with Gasteiger partial charge in [-0.15, -0.1) is 0 Å². The number of nitro benzene ring substituents is 1. The maximum atomic E-state index is 10.9. The highest BCUT2D eigenvalue weighted by Gasteiger charge is 2.31. The van der Waals surface area contributed by atoms with E-state index in [2.05, 4.69) is 0 Å². The van der Waals surface area contributed by atoms with Crippen LogP contribution in [0.5, 0.6) is 5.75 Å². The highest BCUT2D eigenvalue weighted by Crippen LogP contribution is 2.35. The van der Waals surface area contributed by atoms with Crippen LogP contribution in [-0.2, 0) is 6.42 Å². The molecule has 1 aromatic carbocycles. The first-order valence-electron chi connectivity index (χ1n) is 5.61. The summed E-state index contributed by atoms with van der Waals surface area (Å²) in [4.78, 5) is 10.4. The normalized spacial score (nSPS) is 16.6. The lowest BCUT2D eigenvalue weighted by Crippen LogP contribution is -2.13. The van der Waals surface area contributed by atoms with Crippen molar-refractivity contribution in [3.8, 4) is 5.75 Å². The fourth-order valence-corrected chi connectivity index (χ4v) is 1.90. The Balaban J connectivity index is 2.23. The van der Waals surface area contributed by atoms with Crippen molar-refractivity contribution in [1.29, 1.82) is 0 Å². The van der Waals surface area contributed by atoms with Crippen LogP contribution < -0.4 is 4.74 Å². The van der Waals surface area contributed by atoms with E-state index in [1.54, 1.807) is 12.1 Å². The number of aliphatic hydroxyl groups is 1. The van der Waals surface area contributed by atoms with E-state index in [0.29, 0.717) is 23.7 Å². The molecule has 1 aromatic rings. The number of rotatable bonds is 5. The molecule has 5 heteroatoms. The number of hydrogen-bond donors (Lipinski definition) is 1. The number of aliphatic hydroxyl groups excluding tert-OH is 1. The van der Waals surface area contributed by atoms with Gasteiger partial charge in [0.15, 0.2) is 0 Å². The molecule has 1 N–H and O–H groups in total. The van der Waals surface area contributed by atoms with Crippen molar-refractivity contribution in [2.24, 2.45) is 5.92 Å². The molecule has 1 saturated carbocycles. The summed E-state index contributed by atoms with van der Waals surface area (Å²) in [5.74, 6) is 0.884. The van der Waals surface area contributed by atoms with Gasteiger partial charge in [-0.1, -0.05) is 0 Å². The lowest BCUT2D eigenvalue weighted by molar-refractivity contribution is -0.385. The van der Waals surface area contributed by atoms with Crippen LogP contribution in [0.4, 0.5) is 5.69 Å². The van der Waals surface area contributed by atoms with Crippen molar-refractivity contribution in [2.45, 2.75) is 25.4 Å². The van der Waals surface area contributed by atoms with Crippen LogP contribution in [0.15, 0.2) is 18.2 Å². The van der Waals surface area contributed by atoms with Crippen molar-refractivity contribution < 1.29 is 14.8 Å². The molecule has 5 nitrogen and oxygen atoms in total. The number of hydrogen-bond acceptors (Lipinski definition) is 4. The minimum Gasteiger partial charge on any atom is -0.497 e. The Morgan fingerprint density at radius 3 is 2.82 bits per heavy atom. The second kappa shape index (κ2) is 4.71. The Kier molecular flexibility index (Phi) is 3.28. The Bertz CT molecular complexity index is 429. The second-order valence-corrected chi connectivity index (χ2v) is 4.36. The molecule has 1 aliphatic carbocycles. The number of methoxy groups -OCH3 is 1. The van der Waals surface area contributed by atoms with Gasteiger partial charge in [0.2, 0.25) is 0 Å². The van der Waals surface area contributed by atoms with Gasteiger partial charge in [0.25, 0.3) is 5.69 Å². The van der Waals surface area contributed by atoms with E-state index in [9.17, 15) is 15.2 Å². The molecular formula is C12H15NO4. The molecule has 1 aliphatic rings. The number of benzene rings is 1. The molecule has 0 spiro atoms. The first-order valence-corrected chi connectivity index (χ1v) is 5.61. The summed E-state index contributed by atoms with van der Waals surface area (Å²) in [7, 11) is 1.52. The van der Waals surface area contributed by atoms with E-state index >= 15 is 0 Å². The predicted molar refractivity (Wildman–Crippen MR) is 62.1 cm³/mol. The zero-order valence-corrected chi connectivity index (χ0v) is 9.63. The average molecular weight is 237 g/mol. The first kappa shape index (κ1) is 11.9. The van der Waals surface area contributed by atoms with Gasteiger partial charge in [0.1, 0.15) is 5.75 Å². The first-order chi connectivity index (χ1) is 8.11.